The topological polar surface area (TPSA) is 105 Å². The summed E-state index contributed by atoms with van der Waals surface area (Å²) in [6.45, 7) is 1.78. The van der Waals surface area contributed by atoms with Crippen molar-refractivity contribution < 1.29 is 31.1 Å². The zero-order valence-electron chi connectivity index (χ0n) is 16.8. The summed E-state index contributed by atoms with van der Waals surface area (Å²) >= 11 is 0. The van der Waals surface area contributed by atoms with Gasteiger partial charge in [-0.25, -0.2) is 4.79 Å². The van der Waals surface area contributed by atoms with Crippen LogP contribution in [0.2, 0.25) is 0 Å². The zero-order valence-corrected chi connectivity index (χ0v) is 16.8. The van der Waals surface area contributed by atoms with Crippen molar-refractivity contribution in [1.82, 2.24) is 5.32 Å². The number of hydrogen-bond acceptors (Lipinski definition) is 5. The lowest BCUT2D eigenvalue weighted by Gasteiger charge is -2.19. The molecule has 0 bridgehead atoms. The molecule has 0 aliphatic heterocycles. The van der Waals surface area contributed by atoms with Crippen molar-refractivity contribution in [2.75, 3.05) is 11.6 Å². The molecule has 7 nitrogen and oxygen atoms in total. The number of rotatable bonds is 5. The van der Waals surface area contributed by atoms with Gasteiger partial charge >= 0.3 is 18.4 Å². The standard InChI is InChI=1S/C20H14F6N6O/c1-2-7-29-18(33)32(17-9-15(20(24,25)26)6-4-13(17)11-28)31-30-16-8-14(19(21,22)23)5-3-12(16)10-27/h3-6,8-9H,2,7H2,1H3,(H,29,33). The highest BCUT2D eigenvalue weighted by Crippen LogP contribution is 2.35. The molecule has 0 saturated heterocycles. The Hall–Kier alpha value is -4.13. The maximum absolute atomic E-state index is 13.2. The van der Waals surface area contributed by atoms with Crippen LogP contribution in [0.15, 0.2) is 46.7 Å². The van der Waals surface area contributed by atoms with Crippen LogP contribution in [0.1, 0.15) is 35.6 Å². The second-order valence-corrected chi connectivity index (χ2v) is 6.42. The Labute approximate surface area is 183 Å². The SMILES string of the molecule is CCCNC(=O)N(N=Nc1cc(C(F)(F)F)ccc1C#N)c1cc(C(F)(F)F)ccc1C#N. The number of nitrogens with one attached hydrogen (secondary N) is 1. The lowest BCUT2D eigenvalue weighted by molar-refractivity contribution is -0.138. The fourth-order valence-corrected chi connectivity index (χ4v) is 2.46. The zero-order chi connectivity index (χ0) is 24.8. The summed E-state index contributed by atoms with van der Waals surface area (Å²) in [5, 5.41) is 28.1. The molecule has 33 heavy (non-hydrogen) atoms. The van der Waals surface area contributed by atoms with E-state index in [0.29, 0.717) is 35.7 Å². The van der Waals surface area contributed by atoms with Crippen molar-refractivity contribution >= 4 is 17.4 Å². The minimum Gasteiger partial charge on any atom is -0.336 e. The molecule has 172 valence electrons. The van der Waals surface area contributed by atoms with E-state index in [4.69, 9.17) is 5.26 Å². The highest BCUT2D eigenvalue weighted by Gasteiger charge is 2.33. The molecule has 0 saturated carbocycles. The second-order valence-electron chi connectivity index (χ2n) is 6.42. The molecule has 0 aromatic heterocycles. The first-order valence-electron chi connectivity index (χ1n) is 9.14. The molecule has 0 aliphatic carbocycles. The van der Waals surface area contributed by atoms with Crippen LogP contribution in [0.25, 0.3) is 0 Å². The molecule has 0 radical (unpaired) electrons. The van der Waals surface area contributed by atoms with Gasteiger partial charge in [0.15, 0.2) is 0 Å². The first-order chi connectivity index (χ1) is 15.4. The number of amides is 2. The molecular formula is C20H14F6N6O. The molecule has 2 aromatic carbocycles. The molecule has 0 aliphatic rings. The molecule has 0 unspecified atom stereocenters. The maximum Gasteiger partial charge on any atom is 0.416 e. The number of benzene rings is 2. The van der Waals surface area contributed by atoms with Crippen LogP contribution >= 0.6 is 0 Å². The third kappa shape index (κ3) is 6.20. The lowest BCUT2D eigenvalue weighted by Crippen LogP contribution is -2.37. The van der Waals surface area contributed by atoms with Crippen molar-refractivity contribution in [2.24, 2.45) is 10.3 Å². The van der Waals surface area contributed by atoms with Gasteiger partial charge < -0.3 is 5.32 Å². The van der Waals surface area contributed by atoms with Crippen molar-refractivity contribution in [3.05, 3.63) is 58.7 Å². The molecule has 2 rings (SSSR count). The molecular weight excluding hydrogens is 454 g/mol. The summed E-state index contributed by atoms with van der Waals surface area (Å²) in [5.41, 5.74) is -4.24. The van der Waals surface area contributed by atoms with Gasteiger partial charge in [0.25, 0.3) is 0 Å². The van der Waals surface area contributed by atoms with Gasteiger partial charge in [0, 0.05) is 6.54 Å². The van der Waals surface area contributed by atoms with Gasteiger partial charge in [-0.1, -0.05) is 12.1 Å². The van der Waals surface area contributed by atoms with Crippen molar-refractivity contribution in [2.45, 2.75) is 25.7 Å². The van der Waals surface area contributed by atoms with Gasteiger partial charge in [-0.05, 0) is 42.8 Å². The second kappa shape index (κ2) is 9.99. The van der Waals surface area contributed by atoms with E-state index in [-0.39, 0.29) is 17.7 Å². The van der Waals surface area contributed by atoms with E-state index in [1.54, 1.807) is 19.1 Å². The van der Waals surface area contributed by atoms with Crippen molar-refractivity contribution in [3.8, 4) is 12.1 Å². The van der Waals surface area contributed by atoms with E-state index >= 15 is 0 Å². The van der Waals surface area contributed by atoms with Gasteiger partial charge in [-0.2, -0.15) is 41.9 Å². The van der Waals surface area contributed by atoms with E-state index in [1.165, 1.54) is 0 Å². The van der Waals surface area contributed by atoms with Crippen LogP contribution in [0, 0.1) is 22.7 Å². The van der Waals surface area contributed by atoms with Crippen LogP contribution < -0.4 is 10.3 Å². The van der Waals surface area contributed by atoms with Crippen LogP contribution in [0.5, 0.6) is 0 Å². The summed E-state index contributed by atoms with van der Waals surface area (Å²) in [7, 11) is 0. The summed E-state index contributed by atoms with van der Waals surface area (Å²) in [5.74, 6) is 0. The lowest BCUT2D eigenvalue weighted by atomic mass is 10.1. The van der Waals surface area contributed by atoms with Gasteiger partial charge in [-0.15, -0.1) is 5.11 Å². The summed E-state index contributed by atoms with van der Waals surface area (Å²) in [4.78, 5) is 12.6. The molecule has 13 heteroatoms. The Morgan fingerprint density at radius 1 is 0.970 bits per heavy atom. The van der Waals surface area contributed by atoms with Crippen LogP contribution in [-0.4, -0.2) is 12.6 Å². The maximum atomic E-state index is 13.2. The average Bonchev–Trinajstić information content (AvgIpc) is 2.76. The normalized spacial score (nSPS) is 11.7. The van der Waals surface area contributed by atoms with Crippen LogP contribution in [-0.2, 0) is 12.4 Å². The van der Waals surface area contributed by atoms with Crippen LogP contribution in [0.4, 0.5) is 42.5 Å². The molecule has 0 heterocycles. The Balaban J connectivity index is 2.65. The number of halogens is 6. The number of carbonyl (C=O) groups excluding carboxylic acids is 1. The minimum atomic E-state index is -4.82. The average molecular weight is 468 g/mol. The van der Waals surface area contributed by atoms with E-state index < -0.39 is 40.9 Å². The number of alkyl halides is 6. The Kier molecular flexibility index (Phi) is 7.61. The largest absolute Gasteiger partial charge is 0.416 e. The summed E-state index contributed by atoms with van der Waals surface area (Å²) in [6, 6.07) is 6.07. The Bertz CT molecular complexity index is 1140. The van der Waals surface area contributed by atoms with E-state index in [9.17, 15) is 36.4 Å². The van der Waals surface area contributed by atoms with E-state index in [2.05, 4.69) is 15.7 Å². The van der Waals surface area contributed by atoms with Gasteiger partial charge in [0.2, 0.25) is 0 Å². The third-order valence-electron chi connectivity index (χ3n) is 4.08. The quantitative estimate of drug-likeness (QED) is 0.326. The van der Waals surface area contributed by atoms with Crippen LogP contribution in [0.3, 0.4) is 0 Å². The van der Waals surface area contributed by atoms with Gasteiger partial charge in [-0.3, -0.25) is 0 Å². The predicted octanol–water partition coefficient (Wildman–Crippen LogP) is 6.09. The van der Waals surface area contributed by atoms with Crippen molar-refractivity contribution in [3.63, 3.8) is 0 Å². The third-order valence-corrected chi connectivity index (χ3v) is 4.08. The first-order valence-corrected chi connectivity index (χ1v) is 9.14. The van der Waals surface area contributed by atoms with Crippen molar-refractivity contribution in [1.29, 1.82) is 10.5 Å². The predicted molar refractivity (Wildman–Crippen MR) is 103 cm³/mol. The summed E-state index contributed by atoms with van der Waals surface area (Å²) in [6.07, 6.45) is -9.15. The minimum absolute atomic E-state index is 0.0820. The van der Waals surface area contributed by atoms with Gasteiger partial charge in [0.05, 0.1) is 27.9 Å². The molecule has 2 aromatic rings. The molecule has 1 N–H and O–H groups in total. The Morgan fingerprint density at radius 3 is 2.03 bits per heavy atom. The number of carbonyl (C=O) groups is 1. The summed E-state index contributed by atoms with van der Waals surface area (Å²) < 4.78 is 78.6. The smallest absolute Gasteiger partial charge is 0.336 e. The molecule has 0 spiro atoms. The van der Waals surface area contributed by atoms with E-state index in [0.717, 1.165) is 12.1 Å². The Morgan fingerprint density at radius 2 is 1.52 bits per heavy atom. The first kappa shape index (κ1) is 25.1. The number of urea groups is 1. The highest BCUT2D eigenvalue weighted by atomic mass is 19.4. The number of nitrogens with zero attached hydrogens (tertiary/aromatic N) is 5. The fourth-order valence-electron chi connectivity index (χ4n) is 2.46. The molecule has 0 fully saturated rings. The number of anilines is 1. The van der Waals surface area contributed by atoms with Gasteiger partial charge in [0.1, 0.15) is 17.8 Å². The van der Waals surface area contributed by atoms with E-state index in [1.807, 2.05) is 0 Å². The highest BCUT2D eigenvalue weighted by molar-refractivity contribution is 5.92. The molecule has 2 amide bonds. The number of hydrogen-bond donors (Lipinski definition) is 1. The monoisotopic (exact) mass is 468 g/mol. The number of nitriles is 2. The fraction of sp³-hybridized carbons (Fsp3) is 0.250. The molecule has 0 atom stereocenters.